The van der Waals surface area contributed by atoms with Crippen LogP contribution in [0.4, 0.5) is 5.69 Å². The fourth-order valence-electron chi connectivity index (χ4n) is 2.54. The molecule has 1 saturated heterocycles. The monoisotopic (exact) mass is 392 g/mol. The molecule has 1 aliphatic rings. The quantitative estimate of drug-likeness (QED) is 0.444. The summed E-state index contributed by atoms with van der Waals surface area (Å²) in [6.07, 6.45) is 5.12. The van der Waals surface area contributed by atoms with E-state index in [1.165, 1.54) is 10.4 Å². The van der Waals surface area contributed by atoms with Crippen LogP contribution in [0.1, 0.15) is 17.5 Å². The number of rotatable bonds is 5. The first-order chi connectivity index (χ1) is 12.4. The maximum absolute atomic E-state index is 11.9. The third kappa shape index (κ3) is 4.62. The zero-order valence-corrected chi connectivity index (χ0v) is 15.4. The number of halogens is 1. The Morgan fingerprint density at radius 3 is 2.62 bits per heavy atom. The highest BCUT2D eigenvalue weighted by Crippen LogP contribution is 2.24. The van der Waals surface area contributed by atoms with Gasteiger partial charge in [-0.05, 0) is 36.3 Å². The van der Waals surface area contributed by atoms with Crippen molar-refractivity contribution in [1.29, 1.82) is 0 Å². The van der Waals surface area contributed by atoms with E-state index < -0.39 is 16.0 Å². The van der Waals surface area contributed by atoms with Crippen LogP contribution in [0.2, 0.25) is 5.15 Å². The topological polar surface area (TPSA) is 76.6 Å². The van der Waals surface area contributed by atoms with E-state index in [2.05, 4.69) is 4.98 Å². The number of carbonyl (C=O) groups excluding carboxylic acids is 1. The molecule has 1 fully saturated rings. The molecule has 0 N–H and O–H groups in total. The summed E-state index contributed by atoms with van der Waals surface area (Å²) < 4.78 is 30.4. The summed E-state index contributed by atoms with van der Waals surface area (Å²) in [6, 6.07) is 10.3. The molecule has 2 heterocycles. The fraction of sp³-hybridized carbons (Fsp3) is 0.222. The minimum Gasteiger partial charge on any atom is -0.458 e. The number of ether oxygens (including phenoxy) is 1. The number of aromatic nitrogens is 1. The van der Waals surface area contributed by atoms with Crippen LogP contribution in [0.3, 0.4) is 0 Å². The summed E-state index contributed by atoms with van der Waals surface area (Å²) in [5, 5.41) is 0.380. The number of sulfonamides is 1. The van der Waals surface area contributed by atoms with Crippen molar-refractivity contribution in [3.05, 3.63) is 65.0 Å². The maximum Gasteiger partial charge on any atom is 0.331 e. The van der Waals surface area contributed by atoms with Crippen molar-refractivity contribution in [2.45, 2.75) is 13.0 Å². The minimum atomic E-state index is -3.19. The second-order valence-corrected chi connectivity index (χ2v) is 8.16. The molecule has 0 unspecified atom stereocenters. The van der Waals surface area contributed by atoms with Crippen molar-refractivity contribution in [1.82, 2.24) is 4.98 Å². The molecule has 0 bridgehead atoms. The zero-order valence-electron chi connectivity index (χ0n) is 13.8. The van der Waals surface area contributed by atoms with Crippen molar-refractivity contribution in [2.75, 3.05) is 16.6 Å². The van der Waals surface area contributed by atoms with Crippen LogP contribution in [0.15, 0.2) is 48.7 Å². The molecular formula is C18H17ClN2O4S. The largest absolute Gasteiger partial charge is 0.458 e. The van der Waals surface area contributed by atoms with Crippen LogP contribution < -0.4 is 4.31 Å². The Kier molecular flexibility index (Phi) is 5.58. The van der Waals surface area contributed by atoms with E-state index in [1.54, 1.807) is 48.7 Å². The zero-order chi connectivity index (χ0) is 18.6. The van der Waals surface area contributed by atoms with E-state index in [0.29, 0.717) is 23.8 Å². The molecule has 0 atom stereocenters. The molecule has 1 aromatic carbocycles. The molecule has 0 radical (unpaired) electrons. The number of benzene rings is 1. The minimum absolute atomic E-state index is 0.110. The molecular weight excluding hydrogens is 376 g/mol. The first-order valence-corrected chi connectivity index (χ1v) is 9.98. The van der Waals surface area contributed by atoms with Gasteiger partial charge in [0.25, 0.3) is 0 Å². The van der Waals surface area contributed by atoms with Gasteiger partial charge >= 0.3 is 5.97 Å². The van der Waals surface area contributed by atoms with Gasteiger partial charge in [-0.3, -0.25) is 4.31 Å². The molecule has 1 aromatic heterocycles. The molecule has 0 amide bonds. The van der Waals surface area contributed by atoms with Crippen LogP contribution in [0.5, 0.6) is 0 Å². The van der Waals surface area contributed by atoms with Crippen molar-refractivity contribution < 1.29 is 17.9 Å². The molecule has 0 saturated carbocycles. The predicted molar refractivity (Wildman–Crippen MR) is 100 cm³/mol. The van der Waals surface area contributed by atoms with Crippen LogP contribution in [0.25, 0.3) is 6.08 Å². The van der Waals surface area contributed by atoms with E-state index in [9.17, 15) is 13.2 Å². The molecule has 0 spiro atoms. The second kappa shape index (κ2) is 7.88. The molecule has 8 heteroatoms. The Morgan fingerprint density at radius 2 is 2.00 bits per heavy atom. The number of pyridine rings is 1. The third-order valence-corrected chi connectivity index (χ3v) is 5.96. The third-order valence-electron chi connectivity index (χ3n) is 3.86. The van der Waals surface area contributed by atoms with Crippen molar-refractivity contribution in [2.24, 2.45) is 0 Å². The van der Waals surface area contributed by atoms with Gasteiger partial charge in [0.2, 0.25) is 10.0 Å². The van der Waals surface area contributed by atoms with Gasteiger partial charge < -0.3 is 4.74 Å². The van der Waals surface area contributed by atoms with Gasteiger partial charge in [-0.1, -0.05) is 29.8 Å². The summed E-state index contributed by atoms with van der Waals surface area (Å²) in [5.41, 5.74) is 2.15. The van der Waals surface area contributed by atoms with E-state index in [0.717, 1.165) is 11.1 Å². The summed E-state index contributed by atoms with van der Waals surface area (Å²) in [4.78, 5) is 15.7. The summed E-state index contributed by atoms with van der Waals surface area (Å²) in [5.74, 6) is -0.296. The smallest absolute Gasteiger partial charge is 0.331 e. The highest BCUT2D eigenvalue weighted by atomic mass is 35.5. The first kappa shape index (κ1) is 18.4. The average Bonchev–Trinajstić information content (AvgIpc) is 2.99. The normalized spacial score (nSPS) is 16.1. The summed E-state index contributed by atoms with van der Waals surface area (Å²) >= 11 is 5.69. The molecule has 3 rings (SSSR count). The molecule has 2 aromatic rings. The lowest BCUT2D eigenvalue weighted by atomic mass is 10.2. The van der Waals surface area contributed by atoms with Crippen LogP contribution in [-0.2, 0) is 26.2 Å². The molecule has 0 aliphatic carbocycles. The predicted octanol–water partition coefficient (Wildman–Crippen LogP) is 3.03. The van der Waals surface area contributed by atoms with Crippen LogP contribution in [-0.4, -0.2) is 31.7 Å². The lowest BCUT2D eigenvalue weighted by Crippen LogP contribution is -2.24. The van der Waals surface area contributed by atoms with Crippen molar-refractivity contribution in [3.8, 4) is 0 Å². The number of hydrogen-bond acceptors (Lipinski definition) is 5. The van der Waals surface area contributed by atoms with Gasteiger partial charge in [-0.2, -0.15) is 0 Å². The summed E-state index contributed by atoms with van der Waals surface area (Å²) in [6.45, 7) is 0.614. The van der Waals surface area contributed by atoms with Gasteiger partial charge in [0.1, 0.15) is 11.8 Å². The van der Waals surface area contributed by atoms with Gasteiger partial charge in [0.05, 0.1) is 11.4 Å². The summed E-state index contributed by atoms with van der Waals surface area (Å²) in [7, 11) is -3.19. The van der Waals surface area contributed by atoms with Gasteiger partial charge in [-0.25, -0.2) is 18.2 Å². The van der Waals surface area contributed by atoms with E-state index in [4.69, 9.17) is 16.3 Å². The Morgan fingerprint density at radius 1 is 1.23 bits per heavy atom. The molecule has 6 nitrogen and oxygen atoms in total. The number of hydrogen-bond donors (Lipinski definition) is 0. The van der Waals surface area contributed by atoms with Crippen molar-refractivity contribution >= 4 is 39.4 Å². The Labute approximate surface area is 157 Å². The van der Waals surface area contributed by atoms with Gasteiger partial charge in [-0.15, -0.1) is 0 Å². The first-order valence-electron chi connectivity index (χ1n) is 8.00. The highest BCUT2D eigenvalue weighted by molar-refractivity contribution is 7.93. The van der Waals surface area contributed by atoms with Crippen molar-refractivity contribution in [3.63, 3.8) is 0 Å². The molecule has 136 valence electrons. The number of esters is 1. The Hall–Kier alpha value is -2.38. The standard InChI is InChI=1S/C18H17ClN2O4S/c19-17-8-4-15(12-20-17)13-25-18(22)9-5-14-2-6-16(7-3-14)21-10-1-11-26(21,23)24/h2-9,12H,1,10-11,13H2/b9-5+. The number of carbonyl (C=O) groups is 1. The van der Waals surface area contributed by atoms with Crippen LogP contribution in [0, 0.1) is 0 Å². The highest BCUT2D eigenvalue weighted by Gasteiger charge is 2.28. The van der Waals surface area contributed by atoms with Gasteiger partial charge in [0.15, 0.2) is 0 Å². The Balaban J connectivity index is 1.56. The second-order valence-electron chi connectivity index (χ2n) is 5.76. The molecule has 1 aliphatic heterocycles. The fourth-order valence-corrected chi connectivity index (χ4v) is 4.22. The molecule has 26 heavy (non-hydrogen) atoms. The van der Waals surface area contributed by atoms with E-state index in [1.807, 2.05) is 0 Å². The lowest BCUT2D eigenvalue weighted by molar-refractivity contribution is -0.138. The maximum atomic E-state index is 11.9. The lowest BCUT2D eigenvalue weighted by Gasteiger charge is -2.16. The van der Waals surface area contributed by atoms with E-state index in [-0.39, 0.29) is 12.4 Å². The number of anilines is 1. The average molecular weight is 393 g/mol. The van der Waals surface area contributed by atoms with E-state index >= 15 is 0 Å². The SMILES string of the molecule is O=C(/C=C/c1ccc(N2CCCS2(=O)=O)cc1)OCc1ccc(Cl)nc1. The van der Waals surface area contributed by atoms with Crippen LogP contribution >= 0.6 is 11.6 Å². The van der Waals surface area contributed by atoms with Gasteiger partial charge in [0, 0.05) is 24.4 Å². The number of nitrogens with zero attached hydrogens (tertiary/aromatic N) is 2. The Bertz CT molecular complexity index is 909.